The standard InChI is InChI=1S/C25H38N4O2/c1-26-24(27-19-25(13-16-31-17-14-25)21-10-6-3-7-11-21)28-22-12-15-29(18-22)23(30)20-8-4-2-5-9-20/h3,6-7,10-11,20,22H,2,4-5,8-9,12-19H2,1H3,(H2,26,27,28). The average molecular weight is 427 g/mol. The third kappa shape index (κ3) is 5.40. The molecular formula is C25H38N4O2. The van der Waals surface area contributed by atoms with Crippen LogP contribution in [0.4, 0.5) is 0 Å². The van der Waals surface area contributed by atoms with Crippen LogP contribution in [0, 0.1) is 5.92 Å². The third-order valence-electron chi connectivity index (χ3n) is 7.45. The number of likely N-dealkylation sites (tertiary alicyclic amines) is 1. The van der Waals surface area contributed by atoms with Gasteiger partial charge in [0, 0.05) is 57.3 Å². The van der Waals surface area contributed by atoms with Crippen LogP contribution in [-0.4, -0.2) is 62.7 Å². The van der Waals surface area contributed by atoms with Crippen LogP contribution in [0.5, 0.6) is 0 Å². The fourth-order valence-electron chi connectivity index (χ4n) is 5.45. The van der Waals surface area contributed by atoms with E-state index < -0.39 is 0 Å². The van der Waals surface area contributed by atoms with Crippen molar-refractivity contribution in [1.82, 2.24) is 15.5 Å². The molecule has 1 aromatic rings. The lowest BCUT2D eigenvalue weighted by Crippen LogP contribution is -2.50. The first-order valence-corrected chi connectivity index (χ1v) is 12.1. The van der Waals surface area contributed by atoms with E-state index in [0.717, 1.165) is 70.9 Å². The fraction of sp³-hybridized carbons (Fsp3) is 0.680. The molecule has 1 aromatic carbocycles. The van der Waals surface area contributed by atoms with Crippen LogP contribution in [-0.2, 0) is 14.9 Å². The molecule has 2 aliphatic heterocycles. The van der Waals surface area contributed by atoms with Gasteiger partial charge in [-0.25, -0.2) is 0 Å². The lowest BCUT2D eigenvalue weighted by atomic mass is 9.74. The molecule has 1 amide bonds. The first-order valence-electron chi connectivity index (χ1n) is 12.1. The minimum atomic E-state index is 0.0653. The Labute approximate surface area is 186 Å². The Bertz CT molecular complexity index is 739. The number of aliphatic imine (C=N–C) groups is 1. The van der Waals surface area contributed by atoms with Crippen LogP contribution >= 0.6 is 0 Å². The van der Waals surface area contributed by atoms with Crippen molar-refractivity contribution in [2.75, 3.05) is 39.9 Å². The van der Waals surface area contributed by atoms with Gasteiger partial charge in [0.1, 0.15) is 0 Å². The molecule has 2 N–H and O–H groups in total. The van der Waals surface area contributed by atoms with Gasteiger partial charge >= 0.3 is 0 Å². The number of guanidine groups is 1. The van der Waals surface area contributed by atoms with E-state index in [-0.39, 0.29) is 17.4 Å². The first-order chi connectivity index (χ1) is 15.2. The van der Waals surface area contributed by atoms with E-state index in [0.29, 0.717) is 5.91 Å². The summed E-state index contributed by atoms with van der Waals surface area (Å²) in [6.07, 6.45) is 8.84. The number of amides is 1. The SMILES string of the molecule is CN=C(NCC1(c2ccccc2)CCOCC1)NC1CCN(C(=O)C2CCCCC2)C1. The summed E-state index contributed by atoms with van der Waals surface area (Å²) >= 11 is 0. The van der Waals surface area contributed by atoms with E-state index in [1.165, 1.54) is 24.8 Å². The van der Waals surface area contributed by atoms with Crippen LogP contribution in [0.1, 0.15) is 56.9 Å². The van der Waals surface area contributed by atoms with Gasteiger partial charge in [-0.2, -0.15) is 0 Å². The van der Waals surface area contributed by atoms with Gasteiger partial charge < -0.3 is 20.3 Å². The summed E-state index contributed by atoms with van der Waals surface area (Å²) in [6, 6.07) is 11.0. The van der Waals surface area contributed by atoms with E-state index in [1.54, 1.807) is 0 Å². The highest BCUT2D eigenvalue weighted by atomic mass is 16.5. The molecule has 6 nitrogen and oxygen atoms in total. The molecule has 0 bridgehead atoms. The lowest BCUT2D eigenvalue weighted by Gasteiger charge is -2.38. The number of ether oxygens (including phenoxy) is 1. The van der Waals surface area contributed by atoms with Gasteiger partial charge in [0.2, 0.25) is 5.91 Å². The summed E-state index contributed by atoms with van der Waals surface area (Å²) in [7, 11) is 1.83. The molecule has 170 valence electrons. The minimum Gasteiger partial charge on any atom is -0.381 e. The number of hydrogen-bond donors (Lipinski definition) is 2. The molecule has 1 saturated carbocycles. The number of carbonyl (C=O) groups excluding carboxylic acids is 1. The van der Waals surface area contributed by atoms with Gasteiger partial charge in [0.25, 0.3) is 0 Å². The first kappa shape index (κ1) is 22.1. The van der Waals surface area contributed by atoms with Crippen molar-refractivity contribution in [1.29, 1.82) is 0 Å². The molecule has 3 aliphatic rings. The van der Waals surface area contributed by atoms with Crippen molar-refractivity contribution in [3.05, 3.63) is 35.9 Å². The zero-order valence-corrected chi connectivity index (χ0v) is 18.9. The molecule has 4 rings (SSSR count). The number of nitrogens with one attached hydrogen (secondary N) is 2. The molecule has 2 saturated heterocycles. The highest BCUT2D eigenvalue weighted by molar-refractivity contribution is 5.81. The number of nitrogens with zero attached hydrogens (tertiary/aromatic N) is 2. The van der Waals surface area contributed by atoms with Crippen LogP contribution in [0.25, 0.3) is 0 Å². The second-order valence-electron chi connectivity index (χ2n) is 9.43. The summed E-state index contributed by atoms with van der Waals surface area (Å²) in [5.74, 6) is 1.46. The van der Waals surface area contributed by atoms with Crippen LogP contribution in [0.2, 0.25) is 0 Å². The summed E-state index contributed by atoms with van der Waals surface area (Å²) in [6.45, 7) is 4.06. The van der Waals surface area contributed by atoms with Crippen molar-refractivity contribution in [3.63, 3.8) is 0 Å². The Morgan fingerprint density at radius 1 is 1.13 bits per heavy atom. The second kappa shape index (κ2) is 10.5. The topological polar surface area (TPSA) is 66.0 Å². The fourth-order valence-corrected chi connectivity index (χ4v) is 5.45. The third-order valence-corrected chi connectivity index (χ3v) is 7.45. The Hall–Kier alpha value is -2.08. The molecule has 1 atom stereocenters. The van der Waals surface area contributed by atoms with Crippen LogP contribution < -0.4 is 10.6 Å². The molecule has 31 heavy (non-hydrogen) atoms. The minimum absolute atomic E-state index is 0.0653. The van der Waals surface area contributed by atoms with Gasteiger partial charge in [-0.3, -0.25) is 9.79 Å². The average Bonchev–Trinajstić information content (AvgIpc) is 3.31. The molecule has 2 heterocycles. The van der Waals surface area contributed by atoms with E-state index in [9.17, 15) is 4.79 Å². The lowest BCUT2D eigenvalue weighted by molar-refractivity contribution is -0.135. The molecule has 0 radical (unpaired) electrons. The number of hydrogen-bond acceptors (Lipinski definition) is 3. The summed E-state index contributed by atoms with van der Waals surface area (Å²) in [5, 5.41) is 7.17. The van der Waals surface area contributed by atoms with Gasteiger partial charge in [-0.1, -0.05) is 49.6 Å². The largest absolute Gasteiger partial charge is 0.381 e. The molecule has 0 spiro atoms. The summed E-state index contributed by atoms with van der Waals surface area (Å²) in [5.41, 5.74) is 1.43. The smallest absolute Gasteiger partial charge is 0.225 e. The predicted octanol–water partition coefficient (Wildman–Crippen LogP) is 3.08. The number of rotatable bonds is 5. The summed E-state index contributed by atoms with van der Waals surface area (Å²) in [4.78, 5) is 19.4. The zero-order valence-electron chi connectivity index (χ0n) is 18.9. The van der Waals surface area contributed by atoms with Gasteiger partial charge in [0.05, 0.1) is 0 Å². The second-order valence-corrected chi connectivity index (χ2v) is 9.43. The normalized spacial score (nSPS) is 24.7. The molecule has 1 aliphatic carbocycles. The highest BCUT2D eigenvalue weighted by Gasteiger charge is 2.35. The molecule has 0 aromatic heterocycles. The van der Waals surface area contributed by atoms with Crippen molar-refractivity contribution in [2.24, 2.45) is 10.9 Å². The van der Waals surface area contributed by atoms with Crippen molar-refractivity contribution in [3.8, 4) is 0 Å². The quantitative estimate of drug-likeness (QED) is 0.561. The zero-order chi connectivity index (χ0) is 21.5. The number of carbonyl (C=O) groups is 1. The van der Waals surface area contributed by atoms with Crippen LogP contribution in [0.15, 0.2) is 35.3 Å². The predicted molar refractivity (Wildman–Crippen MR) is 124 cm³/mol. The van der Waals surface area contributed by atoms with E-state index >= 15 is 0 Å². The Balaban J connectivity index is 1.32. The Morgan fingerprint density at radius 3 is 2.58 bits per heavy atom. The van der Waals surface area contributed by atoms with E-state index in [4.69, 9.17) is 4.74 Å². The van der Waals surface area contributed by atoms with E-state index in [2.05, 4.69) is 50.9 Å². The monoisotopic (exact) mass is 426 g/mol. The van der Waals surface area contributed by atoms with Crippen LogP contribution in [0.3, 0.4) is 0 Å². The molecule has 6 heteroatoms. The highest BCUT2D eigenvalue weighted by Crippen LogP contribution is 2.34. The van der Waals surface area contributed by atoms with Gasteiger partial charge in [-0.05, 0) is 37.7 Å². The van der Waals surface area contributed by atoms with Crippen molar-refractivity contribution in [2.45, 2.75) is 62.8 Å². The van der Waals surface area contributed by atoms with Gasteiger partial charge in [0.15, 0.2) is 5.96 Å². The Morgan fingerprint density at radius 2 is 1.87 bits per heavy atom. The van der Waals surface area contributed by atoms with Crippen molar-refractivity contribution >= 4 is 11.9 Å². The van der Waals surface area contributed by atoms with Gasteiger partial charge in [-0.15, -0.1) is 0 Å². The number of benzene rings is 1. The van der Waals surface area contributed by atoms with E-state index in [1.807, 2.05) is 7.05 Å². The molecular weight excluding hydrogens is 388 g/mol. The maximum absolute atomic E-state index is 12.9. The van der Waals surface area contributed by atoms with Crippen molar-refractivity contribution < 1.29 is 9.53 Å². The maximum Gasteiger partial charge on any atom is 0.225 e. The Kier molecular flexibility index (Phi) is 7.49. The maximum atomic E-state index is 12.9. The molecule has 3 fully saturated rings. The molecule has 1 unspecified atom stereocenters. The summed E-state index contributed by atoms with van der Waals surface area (Å²) < 4.78 is 5.66.